The van der Waals surface area contributed by atoms with Crippen molar-refractivity contribution < 1.29 is 9.31 Å². The lowest BCUT2D eigenvalue weighted by Crippen LogP contribution is -2.41. The Kier molecular flexibility index (Phi) is 3.17. The molecule has 1 saturated heterocycles. The van der Waals surface area contributed by atoms with Crippen LogP contribution in [-0.2, 0) is 9.31 Å². The summed E-state index contributed by atoms with van der Waals surface area (Å²) in [5.74, 6) is 0. The summed E-state index contributed by atoms with van der Waals surface area (Å²) in [5.41, 5.74) is 0.752. The van der Waals surface area contributed by atoms with Crippen molar-refractivity contribution in [2.45, 2.75) is 70.0 Å². The molecule has 0 bridgehead atoms. The van der Waals surface area contributed by atoms with Crippen molar-refractivity contribution in [3.05, 3.63) is 11.5 Å². The zero-order chi connectivity index (χ0) is 12.9. The number of rotatable bonds is 1. The van der Waals surface area contributed by atoms with Gasteiger partial charge in [-0.15, -0.1) is 11.6 Å². The summed E-state index contributed by atoms with van der Waals surface area (Å²) in [5, 5.41) is 0. The predicted molar refractivity (Wildman–Crippen MR) is 72.3 cm³/mol. The minimum atomic E-state index is -0.250. The van der Waals surface area contributed by atoms with Crippen molar-refractivity contribution in [3.63, 3.8) is 0 Å². The molecule has 0 radical (unpaired) electrons. The Morgan fingerprint density at radius 2 is 1.65 bits per heavy atom. The molecule has 1 aliphatic carbocycles. The molecular formula is C13H22BClO2. The second-order valence-corrected chi connectivity index (χ2v) is 7.40. The molecule has 0 spiro atoms. The van der Waals surface area contributed by atoms with Crippen molar-refractivity contribution in [1.82, 2.24) is 0 Å². The van der Waals surface area contributed by atoms with E-state index >= 15 is 0 Å². The van der Waals surface area contributed by atoms with Gasteiger partial charge in [-0.05, 0) is 59.4 Å². The Labute approximate surface area is 110 Å². The van der Waals surface area contributed by atoms with Gasteiger partial charge in [0, 0.05) is 4.87 Å². The van der Waals surface area contributed by atoms with Gasteiger partial charge in [-0.1, -0.05) is 6.08 Å². The van der Waals surface area contributed by atoms with Crippen molar-refractivity contribution in [2.24, 2.45) is 0 Å². The number of halogens is 1. The fourth-order valence-electron chi connectivity index (χ4n) is 2.16. The molecular weight excluding hydrogens is 234 g/mol. The van der Waals surface area contributed by atoms with Gasteiger partial charge in [0.15, 0.2) is 0 Å². The molecule has 0 saturated carbocycles. The van der Waals surface area contributed by atoms with E-state index in [1.54, 1.807) is 0 Å². The van der Waals surface area contributed by atoms with Gasteiger partial charge in [0.1, 0.15) is 0 Å². The van der Waals surface area contributed by atoms with E-state index in [1.165, 1.54) is 5.47 Å². The molecule has 0 aromatic carbocycles. The molecule has 2 nitrogen and oxygen atoms in total. The number of hydrogen-bond donors (Lipinski definition) is 0. The van der Waals surface area contributed by atoms with E-state index in [0.717, 1.165) is 19.3 Å². The quantitative estimate of drug-likeness (QED) is 0.526. The fourth-order valence-corrected chi connectivity index (χ4v) is 2.33. The molecule has 2 aliphatic rings. The SMILES string of the molecule is CC1(Cl)CC=C(B2OC(C)(C)C(C)(C)O2)CC1. The van der Waals surface area contributed by atoms with Crippen molar-refractivity contribution >= 4 is 18.7 Å². The third-order valence-electron chi connectivity index (χ3n) is 4.28. The summed E-state index contributed by atoms with van der Waals surface area (Å²) in [4.78, 5) is -0.0901. The highest BCUT2D eigenvalue weighted by atomic mass is 35.5. The molecule has 17 heavy (non-hydrogen) atoms. The van der Waals surface area contributed by atoms with Gasteiger partial charge in [0.2, 0.25) is 0 Å². The molecule has 1 aliphatic heterocycles. The molecule has 1 heterocycles. The molecule has 0 N–H and O–H groups in total. The van der Waals surface area contributed by atoms with Crippen LogP contribution in [-0.4, -0.2) is 23.2 Å². The van der Waals surface area contributed by atoms with Gasteiger partial charge < -0.3 is 9.31 Å². The van der Waals surface area contributed by atoms with Gasteiger partial charge >= 0.3 is 7.12 Å². The highest BCUT2D eigenvalue weighted by molar-refractivity contribution is 6.54. The van der Waals surface area contributed by atoms with Crippen molar-refractivity contribution in [1.29, 1.82) is 0 Å². The van der Waals surface area contributed by atoms with Crippen LogP contribution in [0.3, 0.4) is 0 Å². The molecule has 0 aromatic heterocycles. The average molecular weight is 257 g/mol. The van der Waals surface area contributed by atoms with Crippen LogP contribution in [0.15, 0.2) is 11.5 Å². The van der Waals surface area contributed by atoms with Crippen LogP contribution in [0, 0.1) is 0 Å². The normalized spacial score (nSPS) is 35.9. The molecule has 2 rings (SSSR count). The molecule has 1 unspecified atom stereocenters. The van der Waals surface area contributed by atoms with Crippen LogP contribution in [0.2, 0.25) is 0 Å². The zero-order valence-corrected chi connectivity index (χ0v) is 12.2. The number of hydrogen-bond acceptors (Lipinski definition) is 2. The number of allylic oxidation sites excluding steroid dienone is 2. The predicted octanol–water partition coefficient (Wildman–Crippen LogP) is 3.73. The van der Waals surface area contributed by atoms with Crippen LogP contribution in [0.1, 0.15) is 53.9 Å². The topological polar surface area (TPSA) is 18.5 Å². The molecule has 4 heteroatoms. The first-order valence-electron chi connectivity index (χ1n) is 6.36. The van der Waals surface area contributed by atoms with Crippen LogP contribution in [0.25, 0.3) is 0 Å². The maximum absolute atomic E-state index is 6.33. The Morgan fingerprint density at radius 3 is 2.06 bits per heavy atom. The Bertz CT molecular complexity index is 331. The first-order chi connectivity index (χ1) is 7.63. The Hall–Kier alpha value is 0.0149. The minimum Gasteiger partial charge on any atom is -0.400 e. The van der Waals surface area contributed by atoms with Gasteiger partial charge in [0.05, 0.1) is 11.2 Å². The summed E-state index contributed by atoms with van der Waals surface area (Å²) < 4.78 is 12.1. The third-order valence-corrected chi connectivity index (χ3v) is 4.62. The Balaban J connectivity index is 2.10. The van der Waals surface area contributed by atoms with E-state index in [0.29, 0.717) is 0 Å². The summed E-state index contributed by atoms with van der Waals surface area (Å²) >= 11 is 6.33. The molecule has 0 amide bonds. The minimum absolute atomic E-state index is 0.0901. The lowest BCUT2D eigenvalue weighted by molar-refractivity contribution is 0.00578. The maximum Gasteiger partial charge on any atom is 0.490 e. The van der Waals surface area contributed by atoms with E-state index in [4.69, 9.17) is 20.9 Å². The largest absolute Gasteiger partial charge is 0.490 e. The number of alkyl halides is 1. The summed E-state index contributed by atoms with van der Waals surface area (Å²) in [7, 11) is -0.187. The smallest absolute Gasteiger partial charge is 0.400 e. The van der Waals surface area contributed by atoms with Gasteiger partial charge in [-0.25, -0.2) is 0 Å². The second kappa shape index (κ2) is 4.01. The summed E-state index contributed by atoms with van der Waals surface area (Å²) in [6, 6.07) is 0. The van der Waals surface area contributed by atoms with Crippen LogP contribution in [0.4, 0.5) is 0 Å². The van der Waals surface area contributed by atoms with Crippen LogP contribution < -0.4 is 0 Å². The van der Waals surface area contributed by atoms with Gasteiger partial charge in [0.25, 0.3) is 0 Å². The van der Waals surface area contributed by atoms with E-state index in [-0.39, 0.29) is 23.2 Å². The van der Waals surface area contributed by atoms with E-state index in [1.807, 2.05) is 0 Å². The summed E-state index contributed by atoms with van der Waals surface area (Å²) in [6.45, 7) is 10.4. The van der Waals surface area contributed by atoms with Crippen LogP contribution in [0.5, 0.6) is 0 Å². The zero-order valence-electron chi connectivity index (χ0n) is 11.5. The van der Waals surface area contributed by atoms with E-state index < -0.39 is 0 Å². The highest BCUT2D eigenvalue weighted by Gasteiger charge is 2.52. The van der Waals surface area contributed by atoms with Crippen molar-refractivity contribution in [2.75, 3.05) is 0 Å². The van der Waals surface area contributed by atoms with Gasteiger partial charge in [-0.3, -0.25) is 0 Å². The van der Waals surface area contributed by atoms with Gasteiger partial charge in [-0.2, -0.15) is 0 Å². The van der Waals surface area contributed by atoms with Crippen molar-refractivity contribution in [3.8, 4) is 0 Å². The standard InChI is InChI=1S/C13H22BClO2/c1-11(2)12(3,4)17-14(16-11)10-6-8-13(5,15)9-7-10/h6H,7-9H2,1-5H3. The lowest BCUT2D eigenvalue weighted by Gasteiger charge is -2.32. The molecule has 0 aromatic rings. The second-order valence-electron chi connectivity index (χ2n) is 6.48. The maximum atomic E-state index is 6.33. The first kappa shape index (κ1) is 13.4. The van der Waals surface area contributed by atoms with E-state index in [2.05, 4.69) is 40.7 Å². The first-order valence-corrected chi connectivity index (χ1v) is 6.74. The van der Waals surface area contributed by atoms with E-state index in [9.17, 15) is 0 Å². The highest BCUT2D eigenvalue weighted by Crippen LogP contribution is 2.41. The Morgan fingerprint density at radius 1 is 1.12 bits per heavy atom. The lowest BCUT2D eigenvalue weighted by atomic mass is 9.71. The molecule has 96 valence electrons. The monoisotopic (exact) mass is 256 g/mol. The fraction of sp³-hybridized carbons (Fsp3) is 0.846. The third kappa shape index (κ3) is 2.57. The summed E-state index contributed by atoms with van der Waals surface area (Å²) in [6.07, 6.45) is 5.05. The average Bonchev–Trinajstić information content (AvgIpc) is 2.35. The molecule has 1 fully saturated rings. The van der Waals surface area contributed by atoms with Crippen LogP contribution >= 0.6 is 11.6 Å². The molecule has 1 atom stereocenters.